The maximum Gasteiger partial charge on any atom is 0.147 e. The van der Waals surface area contributed by atoms with E-state index in [9.17, 15) is 0 Å². The maximum absolute atomic E-state index is 6.23. The molecule has 6 heteroatoms. The molecule has 5 aromatic rings. The van der Waals surface area contributed by atoms with Gasteiger partial charge >= 0.3 is 0 Å². The van der Waals surface area contributed by atoms with E-state index in [1.54, 1.807) is 18.6 Å². The minimum Gasteiger partial charge on any atom is -0.261 e. The summed E-state index contributed by atoms with van der Waals surface area (Å²) >= 11 is 6.23. The molecule has 0 bridgehead atoms. The number of aromatic nitrogens is 3. The van der Waals surface area contributed by atoms with Crippen molar-refractivity contribution in [3.8, 4) is 11.1 Å². The lowest BCUT2D eigenvalue weighted by Crippen LogP contribution is -1.96. The van der Waals surface area contributed by atoms with E-state index < -0.39 is 0 Å². The highest BCUT2D eigenvalue weighted by atomic mass is 35.5. The van der Waals surface area contributed by atoms with Crippen LogP contribution in [0.25, 0.3) is 33.1 Å². The van der Waals surface area contributed by atoms with Gasteiger partial charge in [0.1, 0.15) is 5.82 Å². The van der Waals surface area contributed by atoms with E-state index in [0.717, 1.165) is 38.6 Å². The molecule has 0 spiro atoms. The van der Waals surface area contributed by atoms with Gasteiger partial charge in [0.25, 0.3) is 0 Å². The van der Waals surface area contributed by atoms with E-state index in [0.29, 0.717) is 10.8 Å². The summed E-state index contributed by atoms with van der Waals surface area (Å²) in [5, 5.41) is 6.04. The summed E-state index contributed by atoms with van der Waals surface area (Å²) in [6.45, 7) is 0. The number of pyridine rings is 1. The number of benzene rings is 3. The Labute approximate surface area is 178 Å². The maximum atomic E-state index is 6.23. The van der Waals surface area contributed by atoms with Gasteiger partial charge in [0.2, 0.25) is 0 Å². The molecule has 0 aliphatic rings. The van der Waals surface area contributed by atoms with Crippen LogP contribution in [0.4, 0.5) is 5.82 Å². The van der Waals surface area contributed by atoms with Crippen LogP contribution in [0.2, 0.25) is 5.02 Å². The number of hydrogen-bond acceptors (Lipinski definition) is 5. The average Bonchev–Trinajstić information content (AvgIpc) is 2.79. The number of halogens is 1. The first-order chi connectivity index (χ1) is 14.8. The van der Waals surface area contributed by atoms with Crippen LogP contribution in [0.1, 0.15) is 5.56 Å². The van der Waals surface area contributed by atoms with Gasteiger partial charge in [-0.1, -0.05) is 48.0 Å². The fraction of sp³-hybridized carbons (Fsp3) is 0. The van der Waals surface area contributed by atoms with Crippen molar-refractivity contribution in [3.05, 3.63) is 95.8 Å². The Balaban J connectivity index is 1.49. The summed E-state index contributed by atoms with van der Waals surface area (Å²) < 4.78 is 0. The van der Waals surface area contributed by atoms with Gasteiger partial charge in [-0.25, -0.2) is 4.98 Å². The number of hydrazone groups is 1. The lowest BCUT2D eigenvalue weighted by molar-refractivity contribution is 1.26. The Morgan fingerprint density at radius 2 is 1.60 bits per heavy atom. The molecule has 1 N–H and O–H groups in total. The van der Waals surface area contributed by atoms with Crippen molar-refractivity contribution in [2.45, 2.75) is 0 Å². The number of nitrogens with zero attached hydrogens (tertiary/aromatic N) is 4. The van der Waals surface area contributed by atoms with Gasteiger partial charge in [-0.3, -0.25) is 15.4 Å². The summed E-state index contributed by atoms with van der Waals surface area (Å²) in [5.41, 5.74) is 8.63. The second kappa shape index (κ2) is 7.89. The van der Waals surface area contributed by atoms with Crippen molar-refractivity contribution in [1.82, 2.24) is 15.0 Å². The van der Waals surface area contributed by atoms with Crippen LogP contribution in [-0.2, 0) is 0 Å². The Bertz CT molecular complexity index is 1380. The molecular formula is C24H16ClN5. The second-order valence-corrected chi connectivity index (χ2v) is 7.19. The lowest BCUT2D eigenvalue weighted by Gasteiger charge is -2.10. The van der Waals surface area contributed by atoms with Crippen molar-refractivity contribution >= 4 is 45.6 Å². The largest absolute Gasteiger partial charge is 0.261 e. The van der Waals surface area contributed by atoms with E-state index in [2.05, 4.69) is 37.6 Å². The molecule has 0 saturated heterocycles. The first kappa shape index (κ1) is 18.2. The van der Waals surface area contributed by atoms with Crippen molar-refractivity contribution in [2.75, 3.05) is 5.43 Å². The van der Waals surface area contributed by atoms with Crippen LogP contribution < -0.4 is 5.43 Å². The summed E-state index contributed by atoms with van der Waals surface area (Å²) in [7, 11) is 0. The zero-order valence-electron chi connectivity index (χ0n) is 15.8. The molecule has 0 amide bonds. The molecule has 0 aliphatic carbocycles. The van der Waals surface area contributed by atoms with E-state index in [1.165, 1.54) is 0 Å². The number of fused-ring (bicyclic) bond motifs is 2. The Hall–Kier alpha value is -3.83. The predicted molar refractivity (Wildman–Crippen MR) is 123 cm³/mol. The number of rotatable bonds is 4. The Kier molecular flexibility index (Phi) is 4.79. The van der Waals surface area contributed by atoms with E-state index >= 15 is 0 Å². The average molecular weight is 410 g/mol. The molecule has 30 heavy (non-hydrogen) atoms. The standard InChI is InChI=1S/C24H16ClN5/c25-18-7-9-21-20(13-18)19(17-4-2-1-3-5-17)14-24(29-21)30-28-15-16-6-8-22-23(12-16)27-11-10-26-22/h1-15H,(H,29,30)/b28-15+. The SMILES string of the molecule is Clc1ccc2nc(N/N=C/c3ccc4nccnc4c3)cc(-c3ccccc3)c2c1. The van der Waals surface area contributed by atoms with Gasteiger partial charge in [-0.05, 0) is 53.1 Å². The van der Waals surface area contributed by atoms with E-state index in [1.807, 2.05) is 60.7 Å². The molecule has 0 saturated carbocycles. The molecule has 0 aliphatic heterocycles. The molecule has 5 rings (SSSR count). The quantitative estimate of drug-likeness (QED) is 0.294. The predicted octanol–water partition coefficient (Wildman–Crippen LogP) is 5.94. The normalized spacial score (nSPS) is 11.4. The van der Waals surface area contributed by atoms with Crippen molar-refractivity contribution in [1.29, 1.82) is 0 Å². The Morgan fingerprint density at radius 3 is 2.47 bits per heavy atom. The summed E-state index contributed by atoms with van der Waals surface area (Å²) in [6.07, 6.45) is 5.10. The van der Waals surface area contributed by atoms with Crippen LogP contribution in [0.5, 0.6) is 0 Å². The monoisotopic (exact) mass is 409 g/mol. The molecule has 144 valence electrons. The van der Waals surface area contributed by atoms with Gasteiger partial charge in [0.05, 0.1) is 22.8 Å². The van der Waals surface area contributed by atoms with Gasteiger partial charge in [0, 0.05) is 22.8 Å². The molecule has 3 aromatic carbocycles. The lowest BCUT2D eigenvalue weighted by atomic mass is 10.0. The third-order valence-corrected chi connectivity index (χ3v) is 4.98. The van der Waals surface area contributed by atoms with Crippen molar-refractivity contribution in [2.24, 2.45) is 5.10 Å². The zero-order valence-corrected chi connectivity index (χ0v) is 16.6. The fourth-order valence-corrected chi connectivity index (χ4v) is 3.52. The first-order valence-corrected chi connectivity index (χ1v) is 9.80. The highest BCUT2D eigenvalue weighted by Crippen LogP contribution is 2.31. The van der Waals surface area contributed by atoms with Gasteiger partial charge < -0.3 is 0 Å². The minimum absolute atomic E-state index is 0.653. The summed E-state index contributed by atoms with van der Waals surface area (Å²) in [6, 6.07) is 23.7. The van der Waals surface area contributed by atoms with Crippen LogP contribution >= 0.6 is 11.6 Å². The third kappa shape index (κ3) is 3.71. The molecule has 0 atom stereocenters. The van der Waals surface area contributed by atoms with E-state index in [4.69, 9.17) is 11.6 Å². The molecule has 2 heterocycles. The molecular weight excluding hydrogens is 394 g/mol. The highest BCUT2D eigenvalue weighted by molar-refractivity contribution is 6.31. The van der Waals surface area contributed by atoms with Gasteiger partial charge in [-0.15, -0.1) is 0 Å². The van der Waals surface area contributed by atoms with Crippen LogP contribution in [0.3, 0.4) is 0 Å². The van der Waals surface area contributed by atoms with Crippen LogP contribution in [0.15, 0.2) is 90.3 Å². The number of anilines is 1. The molecule has 2 aromatic heterocycles. The summed E-state index contributed by atoms with van der Waals surface area (Å²) in [4.78, 5) is 13.3. The molecule has 5 nitrogen and oxygen atoms in total. The fourth-order valence-electron chi connectivity index (χ4n) is 3.35. The smallest absolute Gasteiger partial charge is 0.147 e. The Morgan fingerprint density at radius 1 is 0.800 bits per heavy atom. The highest BCUT2D eigenvalue weighted by Gasteiger charge is 2.08. The third-order valence-electron chi connectivity index (χ3n) is 4.74. The number of hydrogen-bond donors (Lipinski definition) is 1. The van der Waals surface area contributed by atoms with Crippen molar-refractivity contribution < 1.29 is 0 Å². The van der Waals surface area contributed by atoms with Crippen molar-refractivity contribution in [3.63, 3.8) is 0 Å². The molecule has 0 radical (unpaired) electrons. The topological polar surface area (TPSA) is 63.1 Å². The minimum atomic E-state index is 0.653. The first-order valence-electron chi connectivity index (χ1n) is 9.42. The summed E-state index contributed by atoms with van der Waals surface area (Å²) in [5.74, 6) is 0.653. The number of nitrogens with one attached hydrogen (secondary N) is 1. The van der Waals surface area contributed by atoms with Gasteiger partial charge in [0.15, 0.2) is 0 Å². The zero-order chi connectivity index (χ0) is 20.3. The van der Waals surface area contributed by atoms with E-state index in [-0.39, 0.29) is 0 Å². The van der Waals surface area contributed by atoms with Gasteiger partial charge in [-0.2, -0.15) is 5.10 Å². The van der Waals surface area contributed by atoms with Crippen LogP contribution in [-0.4, -0.2) is 21.2 Å². The molecule has 0 fully saturated rings. The van der Waals surface area contributed by atoms with Crippen LogP contribution in [0, 0.1) is 0 Å². The second-order valence-electron chi connectivity index (χ2n) is 6.76. The molecule has 0 unspecified atom stereocenters.